The normalized spacial score (nSPS) is 15.4. The van der Waals surface area contributed by atoms with Crippen LogP contribution >= 0.6 is 0 Å². The van der Waals surface area contributed by atoms with E-state index in [4.69, 9.17) is 5.73 Å². The largest absolute Gasteiger partial charge is 0.368 e. The summed E-state index contributed by atoms with van der Waals surface area (Å²) >= 11 is 0. The molecule has 5 nitrogen and oxygen atoms in total. The summed E-state index contributed by atoms with van der Waals surface area (Å²) in [6.45, 7) is 1.89. The van der Waals surface area contributed by atoms with Crippen LogP contribution in [0.25, 0.3) is 32.3 Å². The zero-order valence-electron chi connectivity index (χ0n) is 20.1. The Morgan fingerprint density at radius 3 is 2.26 bits per heavy atom. The van der Waals surface area contributed by atoms with Crippen LogP contribution in [-0.4, -0.2) is 35.8 Å². The second kappa shape index (κ2) is 10.4. The van der Waals surface area contributed by atoms with Crippen LogP contribution in [0.1, 0.15) is 44.9 Å². The maximum absolute atomic E-state index is 12.6. The Balaban J connectivity index is 1.20. The smallest absolute Gasteiger partial charge is 0.234 e. The number of nitrogens with zero attached hydrogens (tertiary/aromatic N) is 1. The van der Waals surface area contributed by atoms with E-state index < -0.39 is 0 Å². The van der Waals surface area contributed by atoms with Gasteiger partial charge in [-0.25, -0.2) is 0 Å². The molecule has 1 atom stereocenters. The summed E-state index contributed by atoms with van der Waals surface area (Å²) in [5.41, 5.74) is 6.47. The summed E-state index contributed by atoms with van der Waals surface area (Å²) < 4.78 is 0. The molecule has 1 aliphatic heterocycles. The molecule has 1 saturated heterocycles. The highest BCUT2D eigenvalue weighted by Crippen LogP contribution is 2.32. The zero-order chi connectivity index (χ0) is 24.2. The quantitative estimate of drug-likeness (QED) is 0.247. The van der Waals surface area contributed by atoms with Gasteiger partial charge in [0.25, 0.3) is 0 Å². The molecule has 0 aliphatic carbocycles. The van der Waals surface area contributed by atoms with Gasteiger partial charge in [-0.15, -0.1) is 0 Å². The molecule has 2 amide bonds. The van der Waals surface area contributed by atoms with Crippen LogP contribution in [-0.2, 0) is 9.59 Å². The average Bonchev–Trinajstić information content (AvgIpc) is 2.88. The van der Waals surface area contributed by atoms with Crippen molar-refractivity contribution in [1.82, 2.24) is 4.90 Å². The highest BCUT2D eigenvalue weighted by atomic mass is 16.2. The van der Waals surface area contributed by atoms with E-state index in [1.54, 1.807) is 0 Å². The average molecular weight is 468 g/mol. The summed E-state index contributed by atoms with van der Waals surface area (Å²) in [6.07, 6.45) is 6.20. The minimum Gasteiger partial charge on any atom is -0.368 e. The Hall–Kier alpha value is -3.44. The number of unbranched alkanes of at least 4 members (excludes halogenated alkanes) is 1. The van der Waals surface area contributed by atoms with Gasteiger partial charge < -0.3 is 11.1 Å². The number of carbonyl (C=O) groups excluding carboxylic acids is 2. The number of carbonyl (C=O) groups is 2. The SMILES string of the molecule is NC(=O)C(CCCCC(=O)Nc1ccc2c(ccc3c4ccccc4ccc23)c1)N1CCCCC1. The molecule has 0 spiro atoms. The van der Waals surface area contributed by atoms with Gasteiger partial charge >= 0.3 is 0 Å². The molecule has 1 aliphatic rings. The summed E-state index contributed by atoms with van der Waals surface area (Å²) in [4.78, 5) is 26.7. The first kappa shape index (κ1) is 23.3. The van der Waals surface area contributed by atoms with Gasteiger partial charge in [-0.1, -0.05) is 67.4 Å². The standard InChI is InChI=1S/C30H33N3O2/c31-30(35)28(33-18-6-1-7-19-33)10-4-5-11-29(34)32-23-14-17-25-22(20-23)13-16-26-24-9-3-2-8-21(24)12-15-27(25)26/h2-3,8-9,12-17,20,28H,1,4-7,10-11,18-19H2,(H2,31,35)(H,32,34). The monoisotopic (exact) mass is 467 g/mol. The Morgan fingerprint density at radius 2 is 1.49 bits per heavy atom. The molecule has 0 saturated carbocycles. The van der Waals surface area contributed by atoms with Crippen molar-refractivity contribution in [1.29, 1.82) is 0 Å². The number of amides is 2. The van der Waals surface area contributed by atoms with Crippen molar-refractivity contribution in [3.05, 3.63) is 66.7 Å². The lowest BCUT2D eigenvalue weighted by atomic mass is 9.97. The van der Waals surface area contributed by atoms with Gasteiger partial charge in [0.2, 0.25) is 11.8 Å². The lowest BCUT2D eigenvalue weighted by Crippen LogP contribution is -2.47. The van der Waals surface area contributed by atoms with Crippen molar-refractivity contribution in [2.45, 2.75) is 51.0 Å². The highest BCUT2D eigenvalue weighted by molar-refractivity contribution is 6.17. The first-order valence-electron chi connectivity index (χ1n) is 12.8. The number of nitrogens with two attached hydrogens (primary N) is 1. The Labute approximate surface area is 206 Å². The van der Waals surface area contributed by atoms with E-state index in [1.807, 2.05) is 12.1 Å². The van der Waals surface area contributed by atoms with Gasteiger partial charge in [-0.3, -0.25) is 14.5 Å². The predicted molar refractivity (Wildman–Crippen MR) is 144 cm³/mol. The Kier molecular flexibility index (Phi) is 6.96. The minimum absolute atomic E-state index is 0.00438. The van der Waals surface area contributed by atoms with E-state index in [0.29, 0.717) is 6.42 Å². The number of primary amides is 1. The number of piperidine rings is 1. The molecular formula is C30H33N3O2. The number of nitrogens with one attached hydrogen (secondary N) is 1. The van der Waals surface area contributed by atoms with E-state index in [-0.39, 0.29) is 17.9 Å². The number of likely N-dealkylation sites (tertiary alicyclic amines) is 1. The van der Waals surface area contributed by atoms with Crippen molar-refractivity contribution in [3.8, 4) is 0 Å². The first-order chi connectivity index (χ1) is 17.1. The fourth-order valence-corrected chi connectivity index (χ4v) is 5.49. The number of fused-ring (bicyclic) bond motifs is 5. The summed E-state index contributed by atoms with van der Waals surface area (Å²) in [5, 5.41) is 10.3. The molecule has 1 unspecified atom stereocenters. The Morgan fingerprint density at radius 1 is 0.800 bits per heavy atom. The number of hydrogen-bond donors (Lipinski definition) is 2. The molecule has 4 aromatic rings. The lowest BCUT2D eigenvalue weighted by molar-refractivity contribution is -0.123. The molecule has 0 aromatic heterocycles. The molecule has 3 N–H and O–H groups in total. The van der Waals surface area contributed by atoms with Gasteiger partial charge in [0.05, 0.1) is 6.04 Å². The van der Waals surface area contributed by atoms with Crippen LogP contribution < -0.4 is 11.1 Å². The van der Waals surface area contributed by atoms with Gasteiger partial charge in [-0.2, -0.15) is 0 Å². The van der Waals surface area contributed by atoms with Crippen LogP contribution in [0.3, 0.4) is 0 Å². The predicted octanol–water partition coefficient (Wildman–Crippen LogP) is 5.98. The third-order valence-corrected chi connectivity index (χ3v) is 7.32. The summed E-state index contributed by atoms with van der Waals surface area (Å²) in [5.74, 6) is -0.238. The number of benzene rings is 4. The lowest BCUT2D eigenvalue weighted by Gasteiger charge is -2.32. The fourth-order valence-electron chi connectivity index (χ4n) is 5.49. The van der Waals surface area contributed by atoms with E-state index in [2.05, 4.69) is 64.8 Å². The van der Waals surface area contributed by atoms with Crippen LogP contribution in [0.2, 0.25) is 0 Å². The van der Waals surface area contributed by atoms with Crippen molar-refractivity contribution in [2.24, 2.45) is 5.73 Å². The summed E-state index contributed by atoms with van der Waals surface area (Å²) in [7, 11) is 0. The maximum atomic E-state index is 12.6. The van der Waals surface area contributed by atoms with Gasteiger partial charge in [0.15, 0.2) is 0 Å². The van der Waals surface area contributed by atoms with Gasteiger partial charge in [0.1, 0.15) is 0 Å². The van der Waals surface area contributed by atoms with Crippen LogP contribution in [0.15, 0.2) is 66.7 Å². The third kappa shape index (κ3) is 5.15. The van der Waals surface area contributed by atoms with E-state index in [0.717, 1.165) is 56.3 Å². The van der Waals surface area contributed by atoms with Crippen molar-refractivity contribution >= 4 is 49.8 Å². The van der Waals surface area contributed by atoms with E-state index in [9.17, 15) is 9.59 Å². The molecule has 0 radical (unpaired) electrons. The van der Waals surface area contributed by atoms with Crippen LogP contribution in [0.5, 0.6) is 0 Å². The third-order valence-electron chi connectivity index (χ3n) is 7.32. The number of anilines is 1. The van der Waals surface area contributed by atoms with Crippen LogP contribution in [0.4, 0.5) is 5.69 Å². The van der Waals surface area contributed by atoms with E-state index in [1.165, 1.54) is 33.4 Å². The topological polar surface area (TPSA) is 75.4 Å². The second-order valence-corrected chi connectivity index (χ2v) is 9.69. The molecular weight excluding hydrogens is 434 g/mol. The molecule has 5 heteroatoms. The number of hydrogen-bond acceptors (Lipinski definition) is 3. The number of rotatable bonds is 8. The first-order valence-corrected chi connectivity index (χ1v) is 12.8. The van der Waals surface area contributed by atoms with Crippen molar-refractivity contribution in [3.63, 3.8) is 0 Å². The van der Waals surface area contributed by atoms with Crippen molar-refractivity contribution < 1.29 is 9.59 Å². The van der Waals surface area contributed by atoms with Gasteiger partial charge in [0, 0.05) is 12.1 Å². The van der Waals surface area contributed by atoms with Crippen LogP contribution in [0, 0.1) is 0 Å². The minimum atomic E-state index is -0.243. The maximum Gasteiger partial charge on any atom is 0.234 e. The summed E-state index contributed by atoms with van der Waals surface area (Å²) in [6, 6.07) is 23.0. The molecule has 1 heterocycles. The molecule has 5 rings (SSSR count). The second-order valence-electron chi connectivity index (χ2n) is 9.69. The molecule has 0 bridgehead atoms. The molecule has 180 valence electrons. The molecule has 35 heavy (non-hydrogen) atoms. The Bertz CT molecular complexity index is 1370. The fraction of sp³-hybridized carbons (Fsp3) is 0.333. The van der Waals surface area contributed by atoms with Crippen molar-refractivity contribution in [2.75, 3.05) is 18.4 Å². The molecule has 1 fully saturated rings. The highest BCUT2D eigenvalue weighted by Gasteiger charge is 2.24. The zero-order valence-corrected chi connectivity index (χ0v) is 20.1. The van der Waals surface area contributed by atoms with E-state index >= 15 is 0 Å². The molecule has 4 aromatic carbocycles. The van der Waals surface area contributed by atoms with Gasteiger partial charge in [-0.05, 0) is 83.2 Å².